The first-order valence-electron chi connectivity index (χ1n) is 8.88. The van der Waals surface area contributed by atoms with E-state index in [1.807, 2.05) is 31.2 Å². The minimum atomic E-state index is -0.653. The molecule has 1 heterocycles. The van der Waals surface area contributed by atoms with Gasteiger partial charge in [-0.15, -0.1) is 0 Å². The number of nitrogens with two attached hydrogens (primary N) is 1. The minimum Gasteiger partial charge on any atom is -0.493 e. The van der Waals surface area contributed by atoms with E-state index < -0.39 is 5.91 Å². The number of thioether (sulfide) groups is 1. The molecule has 30 heavy (non-hydrogen) atoms. The summed E-state index contributed by atoms with van der Waals surface area (Å²) < 4.78 is 10.5. The van der Waals surface area contributed by atoms with Crippen molar-refractivity contribution in [2.24, 2.45) is 5.73 Å². The van der Waals surface area contributed by atoms with Crippen LogP contribution in [0.5, 0.6) is 11.5 Å². The van der Waals surface area contributed by atoms with Crippen LogP contribution in [0.4, 0.5) is 4.79 Å². The number of carbonyl (C=O) groups is 3. The first-order chi connectivity index (χ1) is 14.3. The van der Waals surface area contributed by atoms with Crippen molar-refractivity contribution in [3.05, 3.63) is 63.0 Å². The summed E-state index contributed by atoms with van der Waals surface area (Å²) in [5.74, 6) is -0.592. The van der Waals surface area contributed by atoms with E-state index in [1.165, 1.54) is 12.0 Å². The zero-order chi connectivity index (χ0) is 21.8. The molecule has 1 aliphatic rings. The highest BCUT2D eigenvalue weighted by atomic mass is 35.5. The van der Waals surface area contributed by atoms with Gasteiger partial charge in [0.25, 0.3) is 17.1 Å². The molecule has 7 nitrogen and oxygen atoms in total. The van der Waals surface area contributed by atoms with Crippen LogP contribution in [-0.4, -0.2) is 35.7 Å². The molecule has 0 aliphatic carbocycles. The molecule has 2 aromatic carbocycles. The Morgan fingerprint density at radius 2 is 1.93 bits per heavy atom. The van der Waals surface area contributed by atoms with Gasteiger partial charge in [-0.1, -0.05) is 41.4 Å². The SMILES string of the molecule is COc1cc(/C=C2\SC(=O)N(Cc3ccc(C)cc3)C2=O)cc(Cl)c1OCC(N)=O. The molecule has 0 aromatic heterocycles. The predicted molar refractivity (Wildman–Crippen MR) is 115 cm³/mol. The molecule has 0 bridgehead atoms. The van der Waals surface area contributed by atoms with Crippen molar-refractivity contribution in [2.45, 2.75) is 13.5 Å². The van der Waals surface area contributed by atoms with Gasteiger partial charge >= 0.3 is 0 Å². The monoisotopic (exact) mass is 446 g/mol. The van der Waals surface area contributed by atoms with Crippen LogP contribution >= 0.6 is 23.4 Å². The second-order valence-electron chi connectivity index (χ2n) is 6.54. The Bertz CT molecular complexity index is 1040. The number of carbonyl (C=O) groups excluding carboxylic acids is 3. The van der Waals surface area contributed by atoms with Gasteiger partial charge in [0.05, 0.1) is 23.6 Å². The van der Waals surface area contributed by atoms with Gasteiger partial charge < -0.3 is 15.2 Å². The third-order valence-electron chi connectivity index (χ3n) is 4.24. The number of rotatable bonds is 7. The van der Waals surface area contributed by atoms with Gasteiger partial charge in [0.2, 0.25) is 0 Å². The van der Waals surface area contributed by atoms with Crippen LogP contribution in [0, 0.1) is 6.92 Å². The van der Waals surface area contributed by atoms with Crippen molar-refractivity contribution >= 4 is 46.5 Å². The Kier molecular flexibility index (Phi) is 6.69. The predicted octanol–water partition coefficient (Wildman–Crippen LogP) is 3.76. The van der Waals surface area contributed by atoms with Crippen molar-refractivity contribution in [1.82, 2.24) is 4.90 Å². The van der Waals surface area contributed by atoms with Crippen LogP contribution < -0.4 is 15.2 Å². The average molecular weight is 447 g/mol. The summed E-state index contributed by atoms with van der Waals surface area (Å²) in [6.45, 7) is 1.82. The number of amides is 3. The lowest BCUT2D eigenvalue weighted by Gasteiger charge is -2.13. The number of imide groups is 1. The molecular formula is C21H19ClN2O5S. The van der Waals surface area contributed by atoms with Crippen LogP contribution in [0.15, 0.2) is 41.3 Å². The van der Waals surface area contributed by atoms with Gasteiger partial charge in [-0.05, 0) is 48.0 Å². The molecule has 1 fully saturated rings. The quantitative estimate of drug-likeness (QED) is 0.650. The second-order valence-corrected chi connectivity index (χ2v) is 7.94. The lowest BCUT2D eigenvalue weighted by Crippen LogP contribution is -2.27. The van der Waals surface area contributed by atoms with E-state index in [4.69, 9.17) is 26.8 Å². The van der Waals surface area contributed by atoms with Crippen molar-refractivity contribution < 1.29 is 23.9 Å². The van der Waals surface area contributed by atoms with E-state index in [0.29, 0.717) is 5.56 Å². The Hall–Kier alpha value is -2.97. The molecule has 3 amide bonds. The topological polar surface area (TPSA) is 98.9 Å². The first-order valence-corrected chi connectivity index (χ1v) is 10.1. The maximum absolute atomic E-state index is 12.8. The molecule has 2 aromatic rings. The third-order valence-corrected chi connectivity index (χ3v) is 5.43. The van der Waals surface area contributed by atoms with Crippen LogP contribution in [-0.2, 0) is 16.1 Å². The van der Waals surface area contributed by atoms with Crippen molar-refractivity contribution in [1.29, 1.82) is 0 Å². The zero-order valence-electron chi connectivity index (χ0n) is 16.3. The zero-order valence-corrected chi connectivity index (χ0v) is 17.9. The Labute approximate surface area is 182 Å². The maximum Gasteiger partial charge on any atom is 0.293 e. The number of ether oxygens (including phenoxy) is 2. The molecule has 9 heteroatoms. The van der Waals surface area contributed by atoms with Gasteiger partial charge in [-0.2, -0.15) is 0 Å². The molecule has 1 saturated heterocycles. The van der Waals surface area contributed by atoms with Crippen molar-refractivity contribution in [3.63, 3.8) is 0 Å². The fourth-order valence-electron chi connectivity index (χ4n) is 2.77. The van der Waals surface area contributed by atoms with Crippen LogP contribution in [0.3, 0.4) is 0 Å². The van der Waals surface area contributed by atoms with E-state index in [9.17, 15) is 14.4 Å². The number of primary amides is 1. The molecule has 0 spiro atoms. The first kappa shape index (κ1) is 21.7. The number of hydrogen-bond donors (Lipinski definition) is 1. The Balaban J connectivity index is 1.83. The number of methoxy groups -OCH3 is 1. The van der Waals surface area contributed by atoms with Crippen LogP contribution in [0.2, 0.25) is 5.02 Å². The van der Waals surface area contributed by atoms with Crippen LogP contribution in [0.1, 0.15) is 16.7 Å². The molecule has 0 radical (unpaired) electrons. The summed E-state index contributed by atoms with van der Waals surface area (Å²) in [6, 6.07) is 10.8. The molecule has 0 saturated carbocycles. The summed E-state index contributed by atoms with van der Waals surface area (Å²) in [4.78, 5) is 37.5. The van der Waals surface area contributed by atoms with E-state index in [1.54, 1.807) is 18.2 Å². The normalized spacial score (nSPS) is 15.0. The largest absolute Gasteiger partial charge is 0.493 e. The standard InChI is InChI=1S/C21H19ClN2O5S/c1-12-3-5-13(6-4-12)10-24-20(26)17(30-21(24)27)9-14-7-15(22)19(16(8-14)28-2)29-11-18(23)25/h3-9H,10-11H2,1-2H3,(H2,23,25)/b17-9-. The highest BCUT2D eigenvalue weighted by molar-refractivity contribution is 8.18. The van der Waals surface area contributed by atoms with Gasteiger partial charge in [0, 0.05) is 0 Å². The molecule has 0 atom stereocenters. The van der Waals surface area contributed by atoms with Crippen LogP contribution in [0.25, 0.3) is 6.08 Å². The summed E-state index contributed by atoms with van der Waals surface area (Å²) in [5.41, 5.74) is 7.60. The molecule has 2 N–H and O–H groups in total. The van der Waals surface area contributed by atoms with Gasteiger partial charge in [0.15, 0.2) is 18.1 Å². The fourth-order valence-corrected chi connectivity index (χ4v) is 3.88. The summed E-state index contributed by atoms with van der Waals surface area (Å²) in [6.07, 6.45) is 1.56. The maximum atomic E-state index is 12.8. The van der Waals surface area contributed by atoms with Gasteiger partial charge in [0.1, 0.15) is 0 Å². The number of benzene rings is 2. The van der Waals surface area contributed by atoms with Crippen molar-refractivity contribution in [3.8, 4) is 11.5 Å². The number of nitrogens with zero attached hydrogens (tertiary/aromatic N) is 1. The molecule has 1 aliphatic heterocycles. The number of hydrogen-bond acceptors (Lipinski definition) is 6. The summed E-state index contributed by atoms with van der Waals surface area (Å²) in [5, 5.41) is -0.160. The Morgan fingerprint density at radius 1 is 1.23 bits per heavy atom. The fraction of sp³-hybridized carbons (Fsp3) is 0.190. The highest BCUT2D eigenvalue weighted by Gasteiger charge is 2.35. The highest BCUT2D eigenvalue weighted by Crippen LogP contribution is 2.39. The summed E-state index contributed by atoms with van der Waals surface area (Å²) in [7, 11) is 1.42. The van der Waals surface area contributed by atoms with E-state index in [0.717, 1.165) is 22.9 Å². The third kappa shape index (κ3) is 4.95. The molecule has 156 valence electrons. The Morgan fingerprint density at radius 3 is 2.57 bits per heavy atom. The second kappa shape index (κ2) is 9.23. The summed E-state index contributed by atoms with van der Waals surface area (Å²) >= 11 is 7.10. The molecular weight excluding hydrogens is 428 g/mol. The van der Waals surface area contributed by atoms with E-state index in [2.05, 4.69) is 0 Å². The average Bonchev–Trinajstić information content (AvgIpc) is 2.95. The lowest BCUT2D eigenvalue weighted by atomic mass is 10.1. The van der Waals surface area contributed by atoms with E-state index in [-0.39, 0.29) is 45.7 Å². The molecule has 0 unspecified atom stereocenters. The van der Waals surface area contributed by atoms with Crippen molar-refractivity contribution in [2.75, 3.05) is 13.7 Å². The smallest absolute Gasteiger partial charge is 0.293 e. The number of aryl methyl sites for hydroxylation is 1. The molecule has 3 rings (SSSR count). The van der Waals surface area contributed by atoms with E-state index >= 15 is 0 Å². The number of halogens is 1. The van der Waals surface area contributed by atoms with Gasteiger partial charge in [-0.3, -0.25) is 19.3 Å². The van der Waals surface area contributed by atoms with Gasteiger partial charge in [-0.25, -0.2) is 0 Å². The lowest BCUT2D eigenvalue weighted by molar-refractivity contribution is -0.123. The minimum absolute atomic E-state index is 0.169.